The van der Waals surface area contributed by atoms with Crippen LogP contribution in [0, 0.1) is 5.92 Å². The molecule has 0 saturated carbocycles. The van der Waals surface area contributed by atoms with Gasteiger partial charge in [0.2, 0.25) is 0 Å². The molecule has 2 atom stereocenters. The lowest BCUT2D eigenvalue weighted by Crippen LogP contribution is -2.17. The van der Waals surface area contributed by atoms with Crippen molar-refractivity contribution in [2.24, 2.45) is 5.92 Å². The van der Waals surface area contributed by atoms with Crippen molar-refractivity contribution in [1.82, 2.24) is 0 Å². The molecule has 1 heterocycles. The van der Waals surface area contributed by atoms with Crippen molar-refractivity contribution in [3.05, 3.63) is 12.7 Å². The van der Waals surface area contributed by atoms with Gasteiger partial charge in [-0.2, -0.15) is 0 Å². The zero-order valence-corrected chi connectivity index (χ0v) is 6.37. The van der Waals surface area contributed by atoms with Crippen molar-refractivity contribution in [2.45, 2.75) is 19.4 Å². The summed E-state index contributed by atoms with van der Waals surface area (Å²) in [6.45, 7) is 5.04. The molecule has 1 rings (SSSR count). The molecule has 1 aliphatic heterocycles. The van der Waals surface area contributed by atoms with E-state index in [4.69, 9.17) is 4.74 Å². The molecule has 3 nitrogen and oxygen atoms in total. The second-order valence-electron chi connectivity index (χ2n) is 2.56. The highest BCUT2D eigenvalue weighted by Gasteiger charge is 2.39. The second-order valence-corrected chi connectivity index (χ2v) is 2.56. The number of rotatable bonds is 2. The largest absolute Gasteiger partial charge is 0.454 e. The van der Waals surface area contributed by atoms with Gasteiger partial charge < -0.3 is 4.74 Å². The SMILES string of the molecule is C=CC[C@@H]1C(=O)O[C@H](C)C1=O. The quantitative estimate of drug-likeness (QED) is 0.334. The molecule has 1 fully saturated rings. The van der Waals surface area contributed by atoms with Gasteiger partial charge >= 0.3 is 5.97 Å². The van der Waals surface area contributed by atoms with Gasteiger partial charge in [0.1, 0.15) is 5.92 Å². The summed E-state index contributed by atoms with van der Waals surface area (Å²) in [6.07, 6.45) is 1.39. The minimum atomic E-state index is -0.595. The van der Waals surface area contributed by atoms with E-state index in [2.05, 4.69) is 6.58 Å². The first kappa shape index (κ1) is 7.98. The number of cyclic esters (lactones) is 1. The molecule has 60 valence electrons. The third kappa shape index (κ3) is 1.31. The van der Waals surface area contributed by atoms with Crippen molar-refractivity contribution in [3.63, 3.8) is 0 Å². The summed E-state index contributed by atoms with van der Waals surface area (Å²) in [5.41, 5.74) is 0. The Morgan fingerprint density at radius 1 is 1.64 bits per heavy atom. The summed E-state index contributed by atoms with van der Waals surface area (Å²) in [4.78, 5) is 22.0. The molecule has 3 heteroatoms. The van der Waals surface area contributed by atoms with Crippen LogP contribution in [-0.2, 0) is 14.3 Å². The predicted molar refractivity (Wildman–Crippen MR) is 38.9 cm³/mol. The number of ether oxygens (including phenoxy) is 1. The molecule has 0 aromatic carbocycles. The number of carbonyl (C=O) groups excluding carboxylic acids is 2. The standard InChI is InChI=1S/C8H10O3/c1-3-4-6-7(9)5(2)11-8(6)10/h3,5-6H,1,4H2,2H3/t5-,6+/m1/s1. The molecule has 0 aliphatic carbocycles. The van der Waals surface area contributed by atoms with Crippen LogP contribution < -0.4 is 0 Å². The van der Waals surface area contributed by atoms with Crippen molar-refractivity contribution in [3.8, 4) is 0 Å². The highest BCUT2D eigenvalue weighted by Crippen LogP contribution is 2.19. The summed E-state index contributed by atoms with van der Waals surface area (Å²) >= 11 is 0. The molecule has 0 radical (unpaired) electrons. The van der Waals surface area contributed by atoms with E-state index in [0.29, 0.717) is 6.42 Å². The highest BCUT2D eigenvalue weighted by atomic mass is 16.6. The second kappa shape index (κ2) is 2.86. The van der Waals surface area contributed by atoms with Gasteiger partial charge in [0.25, 0.3) is 0 Å². The molecule has 11 heavy (non-hydrogen) atoms. The smallest absolute Gasteiger partial charge is 0.317 e. The van der Waals surface area contributed by atoms with Crippen LogP contribution in [0.15, 0.2) is 12.7 Å². The molecule has 0 amide bonds. The zero-order valence-electron chi connectivity index (χ0n) is 6.37. The maximum Gasteiger partial charge on any atom is 0.317 e. The minimum Gasteiger partial charge on any atom is -0.454 e. The molecule has 0 unspecified atom stereocenters. The van der Waals surface area contributed by atoms with Crippen LogP contribution in [0.3, 0.4) is 0 Å². The van der Waals surface area contributed by atoms with Crippen molar-refractivity contribution in [1.29, 1.82) is 0 Å². The third-order valence-corrected chi connectivity index (χ3v) is 1.72. The zero-order chi connectivity index (χ0) is 8.43. The lowest BCUT2D eigenvalue weighted by molar-refractivity contribution is -0.143. The molecular formula is C8H10O3. The molecular weight excluding hydrogens is 144 g/mol. The van der Waals surface area contributed by atoms with Crippen LogP contribution in [0.2, 0.25) is 0 Å². The van der Waals surface area contributed by atoms with Gasteiger partial charge in [0.05, 0.1) is 0 Å². The molecule has 1 aliphatic rings. The molecule has 1 saturated heterocycles. The van der Waals surface area contributed by atoms with E-state index in [1.54, 1.807) is 13.0 Å². The number of allylic oxidation sites excluding steroid dienone is 1. The summed E-state index contributed by atoms with van der Waals surface area (Å²) in [7, 11) is 0. The van der Waals surface area contributed by atoms with E-state index in [-0.39, 0.29) is 5.78 Å². The average molecular weight is 154 g/mol. The number of hydrogen-bond donors (Lipinski definition) is 0. The molecule has 0 N–H and O–H groups in total. The van der Waals surface area contributed by atoms with Crippen LogP contribution in [-0.4, -0.2) is 17.9 Å². The Morgan fingerprint density at radius 2 is 2.27 bits per heavy atom. The summed E-state index contributed by atoms with van der Waals surface area (Å²) in [5, 5.41) is 0. The van der Waals surface area contributed by atoms with Gasteiger partial charge in [-0.15, -0.1) is 6.58 Å². The van der Waals surface area contributed by atoms with Gasteiger partial charge in [0, 0.05) is 0 Å². The van der Waals surface area contributed by atoms with Crippen LogP contribution in [0.1, 0.15) is 13.3 Å². The Kier molecular flexibility index (Phi) is 2.08. The Labute approximate surface area is 65.0 Å². The fraction of sp³-hybridized carbons (Fsp3) is 0.500. The fourth-order valence-corrected chi connectivity index (χ4v) is 1.09. The van der Waals surface area contributed by atoms with Crippen molar-refractivity contribution < 1.29 is 14.3 Å². The van der Waals surface area contributed by atoms with Gasteiger partial charge in [0.15, 0.2) is 11.9 Å². The van der Waals surface area contributed by atoms with E-state index in [1.807, 2.05) is 0 Å². The Morgan fingerprint density at radius 3 is 2.64 bits per heavy atom. The summed E-state index contributed by atoms with van der Waals surface area (Å²) in [5.74, 6) is -1.14. The van der Waals surface area contributed by atoms with Gasteiger partial charge in [-0.25, -0.2) is 0 Å². The van der Waals surface area contributed by atoms with Gasteiger partial charge in [-0.3, -0.25) is 9.59 Å². The highest BCUT2D eigenvalue weighted by molar-refractivity contribution is 6.06. The number of carbonyl (C=O) groups is 2. The maximum atomic E-state index is 11.1. The fourth-order valence-electron chi connectivity index (χ4n) is 1.09. The summed E-state index contributed by atoms with van der Waals surface area (Å²) < 4.78 is 4.70. The lowest BCUT2D eigenvalue weighted by atomic mass is 10.0. The van der Waals surface area contributed by atoms with Crippen LogP contribution in [0.25, 0.3) is 0 Å². The predicted octanol–water partition coefficient (Wildman–Crippen LogP) is 0.693. The lowest BCUT2D eigenvalue weighted by Gasteiger charge is -1.96. The van der Waals surface area contributed by atoms with E-state index in [9.17, 15) is 9.59 Å². The van der Waals surface area contributed by atoms with E-state index < -0.39 is 18.0 Å². The molecule has 0 aromatic heterocycles. The molecule has 0 spiro atoms. The Balaban J connectivity index is 2.71. The van der Waals surface area contributed by atoms with E-state index in [1.165, 1.54) is 0 Å². The van der Waals surface area contributed by atoms with Gasteiger partial charge in [-0.1, -0.05) is 6.08 Å². The van der Waals surface area contributed by atoms with Crippen molar-refractivity contribution in [2.75, 3.05) is 0 Å². The number of ketones is 1. The van der Waals surface area contributed by atoms with Crippen LogP contribution in [0.4, 0.5) is 0 Å². The van der Waals surface area contributed by atoms with Crippen molar-refractivity contribution >= 4 is 11.8 Å². The first-order chi connectivity index (χ1) is 5.16. The Bertz CT molecular complexity index is 207. The van der Waals surface area contributed by atoms with E-state index >= 15 is 0 Å². The number of Topliss-reactive ketones (excluding diaryl/α,β-unsaturated/α-hetero) is 1. The molecule has 0 aromatic rings. The topological polar surface area (TPSA) is 43.4 Å². The first-order valence-corrected chi connectivity index (χ1v) is 3.52. The first-order valence-electron chi connectivity index (χ1n) is 3.52. The minimum absolute atomic E-state index is 0.130. The molecule has 0 bridgehead atoms. The van der Waals surface area contributed by atoms with Crippen LogP contribution >= 0.6 is 0 Å². The normalized spacial score (nSPS) is 30.3. The maximum absolute atomic E-state index is 11.1. The number of esters is 1. The summed E-state index contributed by atoms with van der Waals surface area (Å²) in [6, 6.07) is 0. The van der Waals surface area contributed by atoms with Gasteiger partial charge in [-0.05, 0) is 13.3 Å². The average Bonchev–Trinajstić information content (AvgIpc) is 2.17. The number of hydrogen-bond acceptors (Lipinski definition) is 3. The monoisotopic (exact) mass is 154 g/mol. The Hall–Kier alpha value is -1.12. The third-order valence-electron chi connectivity index (χ3n) is 1.72. The van der Waals surface area contributed by atoms with E-state index in [0.717, 1.165) is 0 Å². The van der Waals surface area contributed by atoms with Crippen LogP contribution in [0.5, 0.6) is 0 Å².